The van der Waals surface area contributed by atoms with Gasteiger partial charge in [-0.25, -0.2) is 0 Å². The van der Waals surface area contributed by atoms with E-state index in [-0.39, 0.29) is 9.65 Å². The Labute approximate surface area is 123 Å². The zero-order valence-electron chi connectivity index (χ0n) is 9.94. The maximum Gasteiger partial charge on any atom is 0.184 e. The third-order valence-corrected chi connectivity index (χ3v) is 6.82. The molecule has 18 heavy (non-hydrogen) atoms. The fraction of sp³-hybridized carbons (Fsp3) is 1.00. The van der Waals surface area contributed by atoms with Crippen molar-refractivity contribution in [3.63, 3.8) is 0 Å². The van der Waals surface area contributed by atoms with E-state index in [9.17, 15) is 0 Å². The summed E-state index contributed by atoms with van der Waals surface area (Å²) >= 11 is 7.50. The molecule has 0 bridgehead atoms. The standard InChI is InChI=1S/C12H16Br2O4/c13-9-6-8-7(11(9)15-1-2-16-11)5-10(14)12(8)17-3-4-18-12/h7-10H,1-6H2/t7-,8-,9-,10-/m1/s1. The van der Waals surface area contributed by atoms with Crippen molar-refractivity contribution in [2.45, 2.75) is 34.1 Å². The maximum atomic E-state index is 5.98. The highest BCUT2D eigenvalue weighted by Crippen LogP contribution is 2.62. The normalized spacial score (nSPS) is 48.3. The third kappa shape index (κ3) is 1.40. The molecule has 4 aliphatic rings. The number of fused-ring (bicyclic) bond motifs is 3. The number of rotatable bonds is 0. The zero-order valence-corrected chi connectivity index (χ0v) is 13.1. The smallest absolute Gasteiger partial charge is 0.184 e. The van der Waals surface area contributed by atoms with E-state index < -0.39 is 11.6 Å². The summed E-state index contributed by atoms with van der Waals surface area (Å²) in [6.45, 7) is 2.75. The van der Waals surface area contributed by atoms with E-state index in [1.807, 2.05) is 0 Å². The largest absolute Gasteiger partial charge is 0.346 e. The molecule has 6 heteroatoms. The van der Waals surface area contributed by atoms with Crippen LogP contribution in [0.5, 0.6) is 0 Å². The Morgan fingerprint density at radius 1 is 0.667 bits per heavy atom. The summed E-state index contributed by atoms with van der Waals surface area (Å²) in [4.78, 5) is 0.458. The average Bonchev–Trinajstić information content (AvgIpc) is 3.07. The van der Waals surface area contributed by atoms with Gasteiger partial charge in [0.15, 0.2) is 11.6 Å². The van der Waals surface area contributed by atoms with Gasteiger partial charge in [-0.15, -0.1) is 0 Å². The molecular formula is C12H16Br2O4. The van der Waals surface area contributed by atoms with E-state index in [0.29, 0.717) is 38.3 Å². The second-order valence-corrected chi connectivity index (χ2v) is 7.67. The molecule has 0 radical (unpaired) electrons. The first kappa shape index (κ1) is 12.5. The van der Waals surface area contributed by atoms with Gasteiger partial charge in [0.25, 0.3) is 0 Å². The van der Waals surface area contributed by atoms with Crippen molar-refractivity contribution >= 4 is 31.9 Å². The molecule has 2 saturated heterocycles. The van der Waals surface area contributed by atoms with Crippen LogP contribution in [0.25, 0.3) is 0 Å². The van der Waals surface area contributed by atoms with Crippen molar-refractivity contribution in [3.8, 4) is 0 Å². The van der Waals surface area contributed by atoms with E-state index in [4.69, 9.17) is 18.9 Å². The number of halogens is 2. The summed E-state index contributed by atoms with van der Waals surface area (Å²) in [5.74, 6) is -0.246. The summed E-state index contributed by atoms with van der Waals surface area (Å²) in [5.41, 5.74) is 0. The number of hydrogen-bond acceptors (Lipinski definition) is 4. The van der Waals surface area contributed by atoms with Crippen LogP contribution in [0.3, 0.4) is 0 Å². The summed E-state index contributed by atoms with van der Waals surface area (Å²) in [6, 6.07) is 0. The predicted molar refractivity (Wildman–Crippen MR) is 70.9 cm³/mol. The van der Waals surface area contributed by atoms with Crippen molar-refractivity contribution in [2.24, 2.45) is 11.8 Å². The number of ether oxygens (including phenoxy) is 4. The quantitative estimate of drug-likeness (QED) is 0.600. The monoisotopic (exact) mass is 382 g/mol. The number of hydrogen-bond donors (Lipinski definition) is 0. The lowest BCUT2D eigenvalue weighted by Crippen LogP contribution is -2.43. The summed E-state index contributed by atoms with van der Waals surface area (Å²) in [6.07, 6.45) is 1.96. The van der Waals surface area contributed by atoms with Crippen molar-refractivity contribution in [1.82, 2.24) is 0 Å². The third-order valence-electron chi connectivity index (χ3n) is 4.79. The van der Waals surface area contributed by atoms with Crippen molar-refractivity contribution in [2.75, 3.05) is 26.4 Å². The van der Waals surface area contributed by atoms with Gasteiger partial charge in [-0.3, -0.25) is 0 Å². The van der Waals surface area contributed by atoms with Gasteiger partial charge < -0.3 is 18.9 Å². The topological polar surface area (TPSA) is 36.9 Å². The van der Waals surface area contributed by atoms with Crippen molar-refractivity contribution < 1.29 is 18.9 Å². The molecule has 2 saturated carbocycles. The Bertz CT molecular complexity index is 318. The van der Waals surface area contributed by atoms with E-state index in [2.05, 4.69) is 31.9 Å². The minimum atomic E-state index is -0.463. The van der Waals surface area contributed by atoms with Crippen molar-refractivity contribution in [1.29, 1.82) is 0 Å². The van der Waals surface area contributed by atoms with Crippen LogP contribution in [-0.2, 0) is 18.9 Å². The van der Waals surface area contributed by atoms with Crippen LogP contribution >= 0.6 is 31.9 Å². The lowest BCUT2D eigenvalue weighted by Gasteiger charge is -2.32. The molecule has 0 aromatic carbocycles. The molecular weight excluding hydrogens is 368 g/mol. The highest BCUT2D eigenvalue weighted by atomic mass is 79.9. The van der Waals surface area contributed by atoms with E-state index in [0.717, 1.165) is 12.8 Å². The predicted octanol–water partition coefficient (Wildman–Crippen LogP) is 2.04. The molecule has 4 nitrogen and oxygen atoms in total. The van der Waals surface area contributed by atoms with Gasteiger partial charge in [0.2, 0.25) is 0 Å². The lowest BCUT2D eigenvalue weighted by atomic mass is 9.94. The highest BCUT2D eigenvalue weighted by Gasteiger charge is 2.70. The molecule has 4 fully saturated rings. The molecule has 4 atom stereocenters. The van der Waals surface area contributed by atoms with Gasteiger partial charge in [0.05, 0.1) is 36.1 Å². The Morgan fingerprint density at radius 3 is 1.33 bits per heavy atom. The molecule has 2 aliphatic carbocycles. The minimum absolute atomic E-state index is 0.229. The molecule has 0 unspecified atom stereocenters. The van der Waals surface area contributed by atoms with Crippen LogP contribution in [0.2, 0.25) is 0 Å². The SMILES string of the molecule is Br[C@@H]1C[C@@H]2[C@@H](C[C@@H](Br)C23OCCO3)C12OCCO2. The molecule has 0 aromatic heterocycles. The molecule has 4 rings (SSSR count). The molecule has 2 heterocycles. The average molecular weight is 384 g/mol. The lowest BCUT2D eigenvalue weighted by molar-refractivity contribution is -0.202. The second kappa shape index (κ2) is 4.15. The summed E-state index contributed by atoms with van der Waals surface area (Å²) < 4.78 is 23.9. The molecule has 102 valence electrons. The van der Waals surface area contributed by atoms with Crippen LogP contribution in [0, 0.1) is 11.8 Å². The molecule has 2 spiro atoms. The minimum Gasteiger partial charge on any atom is -0.346 e. The van der Waals surface area contributed by atoms with Gasteiger partial charge in [0, 0.05) is 11.8 Å². The van der Waals surface area contributed by atoms with Crippen LogP contribution < -0.4 is 0 Å². The first-order chi connectivity index (χ1) is 8.69. The van der Waals surface area contributed by atoms with Gasteiger partial charge in [0.1, 0.15) is 0 Å². The fourth-order valence-corrected chi connectivity index (χ4v) is 6.15. The first-order valence-electron chi connectivity index (χ1n) is 6.53. The Morgan fingerprint density at radius 2 is 1.00 bits per heavy atom. The van der Waals surface area contributed by atoms with Crippen LogP contribution in [0.1, 0.15) is 12.8 Å². The maximum absolute atomic E-state index is 5.98. The Balaban J connectivity index is 1.71. The van der Waals surface area contributed by atoms with Crippen LogP contribution in [0.15, 0.2) is 0 Å². The molecule has 0 amide bonds. The van der Waals surface area contributed by atoms with Crippen molar-refractivity contribution in [3.05, 3.63) is 0 Å². The second-order valence-electron chi connectivity index (χ2n) is 5.46. The Kier molecular flexibility index (Phi) is 2.89. The zero-order chi connectivity index (χ0) is 12.4. The van der Waals surface area contributed by atoms with Gasteiger partial charge in [-0.2, -0.15) is 0 Å². The fourth-order valence-electron chi connectivity index (χ4n) is 4.13. The van der Waals surface area contributed by atoms with Gasteiger partial charge >= 0.3 is 0 Å². The van der Waals surface area contributed by atoms with E-state index >= 15 is 0 Å². The molecule has 2 aliphatic heterocycles. The summed E-state index contributed by atoms with van der Waals surface area (Å²) in [7, 11) is 0. The summed E-state index contributed by atoms with van der Waals surface area (Å²) in [5, 5.41) is 0. The molecule has 0 aromatic rings. The van der Waals surface area contributed by atoms with Crippen LogP contribution in [0.4, 0.5) is 0 Å². The highest BCUT2D eigenvalue weighted by molar-refractivity contribution is 9.09. The van der Waals surface area contributed by atoms with Gasteiger partial charge in [-0.1, -0.05) is 31.9 Å². The van der Waals surface area contributed by atoms with Crippen LogP contribution in [-0.4, -0.2) is 47.7 Å². The number of alkyl halides is 2. The van der Waals surface area contributed by atoms with Gasteiger partial charge in [-0.05, 0) is 12.8 Å². The molecule has 0 N–H and O–H groups in total. The first-order valence-corrected chi connectivity index (χ1v) is 8.36. The van der Waals surface area contributed by atoms with E-state index in [1.165, 1.54) is 0 Å². The Hall–Kier alpha value is 0.800. The van der Waals surface area contributed by atoms with E-state index in [1.54, 1.807) is 0 Å².